The predicted molar refractivity (Wildman–Crippen MR) is 90.2 cm³/mol. The number of hydrogen-bond donors (Lipinski definition) is 2. The number of phenolic OH excluding ortho intramolecular Hbond substituents is 2. The number of phenols is 2. The molecule has 0 aromatic heterocycles. The first kappa shape index (κ1) is 15.1. The van der Waals surface area contributed by atoms with E-state index in [0.717, 1.165) is 8.58 Å². The summed E-state index contributed by atoms with van der Waals surface area (Å²) >= 11 is 0. The third kappa shape index (κ3) is 5.68. The van der Waals surface area contributed by atoms with Crippen LogP contribution in [0.5, 0.6) is 11.5 Å². The molecule has 0 fully saturated rings. The van der Waals surface area contributed by atoms with Gasteiger partial charge in [0.1, 0.15) is 11.5 Å². The Morgan fingerprint density at radius 1 is 0.524 bits per heavy atom. The van der Waals surface area contributed by atoms with E-state index in [1.165, 1.54) is 28.8 Å². The van der Waals surface area contributed by atoms with Gasteiger partial charge in [-0.05, 0) is 22.7 Å². The average molecular weight is 296 g/mol. The zero-order valence-corrected chi connectivity index (χ0v) is 12.5. The Bertz CT molecular complexity index is 600. The SMILES string of the molecule is Oc1cccc(O)c1.c1ccc(Pc2ccccc2)cc1. The lowest BCUT2D eigenvalue weighted by atomic mass is 10.3. The van der Waals surface area contributed by atoms with Crippen LogP contribution >= 0.6 is 8.58 Å². The van der Waals surface area contributed by atoms with E-state index < -0.39 is 0 Å². The molecule has 0 saturated carbocycles. The number of hydrogen-bond acceptors (Lipinski definition) is 2. The summed E-state index contributed by atoms with van der Waals surface area (Å²) in [7, 11) is 0.777. The molecular formula is C18H17O2P. The first-order chi connectivity index (χ1) is 10.2. The molecule has 0 spiro atoms. The molecule has 21 heavy (non-hydrogen) atoms. The van der Waals surface area contributed by atoms with Crippen molar-refractivity contribution in [2.75, 3.05) is 0 Å². The van der Waals surface area contributed by atoms with Gasteiger partial charge in [0.25, 0.3) is 0 Å². The molecule has 0 bridgehead atoms. The van der Waals surface area contributed by atoms with Gasteiger partial charge in [-0.15, -0.1) is 0 Å². The van der Waals surface area contributed by atoms with Gasteiger partial charge in [-0.1, -0.05) is 75.3 Å². The summed E-state index contributed by atoms with van der Waals surface area (Å²) < 4.78 is 0. The quantitative estimate of drug-likeness (QED) is 0.711. The molecule has 0 radical (unpaired) electrons. The lowest BCUT2D eigenvalue weighted by Gasteiger charge is -2.00. The molecule has 3 heteroatoms. The first-order valence-electron chi connectivity index (χ1n) is 6.59. The van der Waals surface area contributed by atoms with E-state index in [9.17, 15) is 0 Å². The molecule has 2 N–H and O–H groups in total. The summed E-state index contributed by atoms with van der Waals surface area (Å²) in [6.45, 7) is 0. The number of benzene rings is 3. The van der Waals surface area contributed by atoms with Crippen molar-refractivity contribution in [1.29, 1.82) is 0 Å². The molecule has 3 aromatic rings. The van der Waals surface area contributed by atoms with Crippen LogP contribution in [0.2, 0.25) is 0 Å². The monoisotopic (exact) mass is 296 g/mol. The van der Waals surface area contributed by atoms with Crippen molar-refractivity contribution in [2.45, 2.75) is 0 Å². The van der Waals surface area contributed by atoms with Gasteiger partial charge in [-0.25, -0.2) is 0 Å². The molecule has 3 aromatic carbocycles. The van der Waals surface area contributed by atoms with Crippen molar-refractivity contribution in [1.82, 2.24) is 0 Å². The van der Waals surface area contributed by atoms with Gasteiger partial charge in [0.05, 0.1) is 0 Å². The zero-order chi connectivity index (χ0) is 14.9. The Labute approximate surface area is 126 Å². The molecule has 0 heterocycles. The highest BCUT2D eigenvalue weighted by atomic mass is 31.1. The van der Waals surface area contributed by atoms with Crippen LogP contribution in [0.4, 0.5) is 0 Å². The van der Waals surface area contributed by atoms with Crippen LogP contribution in [0.3, 0.4) is 0 Å². The highest BCUT2D eigenvalue weighted by Crippen LogP contribution is 2.14. The summed E-state index contributed by atoms with van der Waals surface area (Å²) in [5.74, 6) is 0.176. The highest BCUT2D eigenvalue weighted by molar-refractivity contribution is 7.55. The standard InChI is InChI=1S/C12H11P.C6H6O2/c1-3-7-11(8-4-1)13-12-9-5-2-6-10-12;7-5-2-1-3-6(8)4-5/h1-10,13H;1-4,7-8H. The number of aromatic hydroxyl groups is 2. The molecule has 3 rings (SSSR count). The minimum atomic E-state index is 0.0880. The molecule has 0 amide bonds. The highest BCUT2D eigenvalue weighted by Gasteiger charge is 1.92. The van der Waals surface area contributed by atoms with E-state index in [1.54, 1.807) is 6.07 Å². The van der Waals surface area contributed by atoms with Crippen molar-refractivity contribution in [3.63, 3.8) is 0 Å². The summed E-state index contributed by atoms with van der Waals surface area (Å²) in [5.41, 5.74) is 0. The molecule has 0 unspecified atom stereocenters. The predicted octanol–water partition coefficient (Wildman–Crippen LogP) is 3.41. The van der Waals surface area contributed by atoms with E-state index >= 15 is 0 Å². The minimum absolute atomic E-state index is 0.0880. The van der Waals surface area contributed by atoms with Crippen LogP contribution in [-0.2, 0) is 0 Å². The molecule has 0 aliphatic carbocycles. The summed E-state index contributed by atoms with van der Waals surface area (Å²) in [5, 5.41) is 20.1. The van der Waals surface area contributed by atoms with Crippen molar-refractivity contribution in [3.05, 3.63) is 84.9 Å². The second-order valence-electron chi connectivity index (χ2n) is 4.38. The van der Waals surface area contributed by atoms with E-state index in [4.69, 9.17) is 10.2 Å². The summed E-state index contributed by atoms with van der Waals surface area (Å²) in [4.78, 5) is 0. The topological polar surface area (TPSA) is 40.5 Å². The third-order valence-electron chi connectivity index (χ3n) is 2.67. The zero-order valence-electron chi connectivity index (χ0n) is 11.5. The maximum absolute atomic E-state index is 8.65. The second-order valence-corrected chi connectivity index (χ2v) is 5.78. The van der Waals surface area contributed by atoms with Gasteiger partial charge < -0.3 is 10.2 Å². The fourth-order valence-corrected chi connectivity index (χ4v) is 2.75. The van der Waals surface area contributed by atoms with Gasteiger partial charge in [0.2, 0.25) is 0 Å². The average Bonchev–Trinajstić information content (AvgIpc) is 2.50. The van der Waals surface area contributed by atoms with E-state index in [-0.39, 0.29) is 11.5 Å². The normalized spacial score (nSPS) is 9.52. The van der Waals surface area contributed by atoms with Crippen molar-refractivity contribution in [3.8, 4) is 11.5 Å². The van der Waals surface area contributed by atoms with E-state index in [2.05, 4.69) is 60.7 Å². The summed E-state index contributed by atoms with van der Waals surface area (Å²) in [6.07, 6.45) is 0. The van der Waals surface area contributed by atoms with Crippen molar-refractivity contribution >= 4 is 19.2 Å². The van der Waals surface area contributed by atoms with Crippen molar-refractivity contribution < 1.29 is 10.2 Å². The van der Waals surface area contributed by atoms with Crippen LogP contribution in [-0.4, -0.2) is 10.2 Å². The maximum atomic E-state index is 8.65. The minimum Gasteiger partial charge on any atom is -0.508 e. The van der Waals surface area contributed by atoms with Gasteiger partial charge in [0.15, 0.2) is 0 Å². The second kappa shape index (κ2) is 8.08. The van der Waals surface area contributed by atoms with E-state index in [0.29, 0.717) is 0 Å². The third-order valence-corrected chi connectivity index (χ3v) is 3.91. The fourth-order valence-electron chi connectivity index (χ4n) is 1.70. The van der Waals surface area contributed by atoms with Crippen LogP contribution in [0, 0.1) is 0 Å². The van der Waals surface area contributed by atoms with Gasteiger partial charge in [-0.3, -0.25) is 0 Å². The first-order valence-corrected chi connectivity index (χ1v) is 7.59. The van der Waals surface area contributed by atoms with Crippen molar-refractivity contribution in [2.24, 2.45) is 0 Å². The molecule has 106 valence electrons. The van der Waals surface area contributed by atoms with Gasteiger partial charge in [-0.2, -0.15) is 0 Å². The van der Waals surface area contributed by atoms with E-state index in [1.807, 2.05) is 0 Å². The Morgan fingerprint density at radius 2 is 0.952 bits per heavy atom. The van der Waals surface area contributed by atoms with Crippen LogP contribution in [0.25, 0.3) is 0 Å². The molecule has 0 atom stereocenters. The Hall–Kier alpha value is -2.31. The molecular weight excluding hydrogens is 279 g/mol. The molecule has 0 saturated heterocycles. The maximum Gasteiger partial charge on any atom is 0.119 e. The summed E-state index contributed by atoms with van der Waals surface area (Å²) in [6, 6.07) is 27.0. The molecule has 0 aliphatic rings. The van der Waals surface area contributed by atoms with Gasteiger partial charge >= 0.3 is 0 Å². The molecule has 2 nitrogen and oxygen atoms in total. The van der Waals surface area contributed by atoms with Crippen LogP contribution in [0.15, 0.2) is 84.9 Å². The lowest BCUT2D eigenvalue weighted by molar-refractivity contribution is 0.450. The lowest BCUT2D eigenvalue weighted by Crippen LogP contribution is -2.01. The van der Waals surface area contributed by atoms with Gasteiger partial charge in [0, 0.05) is 6.07 Å². The largest absolute Gasteiger partial charge is 0.508 e. The number of rotatable bonds is 2. The molecule has 0 aliphatic heterocycles. The van der Waals surface area contributed by atoms with Crippen LogP contribution in [0.1, 0.15) is 0 Å². The Kier molecular flexibility index (Phi) is 5.81. The van der Waals surface area contributed by atoms with Crippen LogP contribution < -0.4 is 10.6 Å². The smallest absolute Gasteiger partial charge is 0.119 e. The fraction of sp³-hybridized carbons (Fsp3) is 0. The Balaban J connectivity index is 0.000000173. The Morgan fingerprint density at radius 3 is 1.29 bits per heavy atom.